The van der Waals surface area contributed by atoms with Gasteiger partial charge in [-0.3, -0.25) is 4.68 Å². The fourth-order valence-electron chi connectivity index (χ4n) is 2.69. The summed E-state index contributed by atoms with van der Waals surface area (Å²) >= 11 is 0. The molecule has 0 radical (unpaired) electrons. The molecule has 0 aliphatic heterocycles. The fourth-order valence-corrected chi connectivity index (χ4v) is 2.69. The van der Waals surface area contributed by atoms with E-state index in [9.17, 15) is 5.11 Å². The normalized spacial score (nSPS) is 13.8. The Morgan fingerprint density at radius 3 is 2.45 bits per heavy atom. The lowest BCUT2D eigenvalue weighted by atomic mass is 9.89. The van der Waals surface area contributed by atoms with Gasteiger partial charge in [-0.15, -0.1) is 0 Å². The molecule has 2 N–H and O–H groups in total. The zero-order valence-electron chi connectivity index (χ0n) is 15.2. The van der Waals surface area contributed by atoms with Gasteiger partial charge in [-0.25, -0.2) is 0 Å². The molecule has 1 heterocycles. The number of hydrogen-bond donors (Lipinski definition) is 2. The molecule has 0 amide bonds. The van der Waals surface area contributed by atoms with Crippen molar-refractivity contribution >= 4 is 0 Å². The van der Waals surface area contributed by atoms with E-state index >= 15 is 0 Å². The van der Waals surface area contributed by atoms with Crippen molar-refractivity contribution in [1.82, 2.24) is 20.0 Å². The summed E-state index contributed by atoms with van der Waals surface area (Å²) in [6.07, 6.45) is 3.04. The number of hydrogen-bond acceptors (Lipinski definition) is 4. The first kappa shape index (κ1) is 19.1. The van der Waals surface area contributed by atoms with Crippen molar-refractivity contribution in [2.75, 3.05) is 26.2 Å². The molecule has 0 saturated heterocycles. The van der Waals surface area contributed by atoms with E-state index in [4.69, 9.17) is 0 Å². The molecular weight excluding hydrogens is 276 g/mol. The number of nitrogens with one attached hydrogen (secondary N) is 1. The highest BCUT2D eigenvalue weighted by Gasteiger charge is 2.22. The number of aliphatic hydroxyl groups excluding tert-OH is 1. The third-order valence-corrected chi connectivity index (χ3v) is 4.10. The van der Waals surface area contributed by atoms with Crippen molar-refractivity contribution in [3.05, 3.63) is 17.5 Å². The SMILES string of the molecule is CCN(CC)CCC(CO)NCc1cn(C)nc1C(C)(C)C. The monoisotopic (exact) mass is 310 g/mol. The van der Waals surface area contributed by atoms with Gasteiger partial charge in [0.25, 0.3) is 0 Å². The summed E-state index contributed by atoms with van der Waals surface area (Å²) < 4.78 is 1.88. The molecule has 128 valence electrons. The van der Waals surface area contributed by atoms with Crippen LogP contribution in [0.15, 0.2) is 6.20 Å². The van der Waals surface area contributed by atoms with E-state index in [1.807, 2.05) is 11.7 Å². The molecule has 0 aliphatic carbocycles. The van der Waals surface area contributed by atoms with E-state index in [2.05, 4.69) is 56.1 Å². The van der Waals surface area contributed by atoms with Crippen LogP contribution in [0, 0.1) is 0 Å². The first-order chi connectivity index (χ1) is 10.3. The highest BCUT2D eigenvalue weighted by Crippen LogP contribution is 2.24. The molecule has 1 atom stereocenters. The van der Waals surface area contributed by atoms with Crippen LogP contribution in [-0.4, -0.2) is 52.1 Å². The molecule has 0 spiro atoms. The minimum atomic E-state index is 0.0359. The second-order valence-corrected chi connectivity index (χ2v) is 7.00. The average Bonchev–Trinajstić information content (AvgIpc) is 2.84. The van der Waals surface area contributed by atoms with Gasteiger partial charge in [-0.1, -0.05) is 34.6 Å². The Morgan fingerprint density at radius 2 is 1.95 bits per heavy atom. The Hall–Kier alpha value is -0.910. The molecule has 0 bridgehead atoms. The van der Waals surface area contributed by atoms with Crippen molar-refractivity contribution in [3.63, 3.8) is 0 Å². The van der Waals surface area contributed by atoms with E-state index in [1.165, 1.54) is 5.56 Å². The maximum absolute atomic E-state index is 9.59. The van der Waals surface area contributed by atoms with Crippen LogP contribution in [0.3, 0.4) is 0 Å². The van der Waals surface area contributed by atoms with E-state index in [0.29, 0.717) is 0 Å². The zero-order chi connectivity index (χ0) is 16.8. The predicted molar refractivity (Wildman–Crippen MR) is 92.0 cm³/mol. The largest absolute Gasteiger partial charge is 0.395 e. The Bertz CT molecular complexity index is 432. The first-order valence-electron chi connectivity index (χ1n) is 8.41. The van der Waals surface area contributed by atoms with Gasteiger partial charge in [0.1, 0.15) is 0 Å². The molecule has 1 aromatic heterocycles. The Balaban J connectivity index is 2.60. The lowest BCUT2D eigenvalue weighted by Gasteiger charge is -2.23. The second-order valence-electron chi connectivity index (χ2n) is 7.00. The number of nitrogens with zero attached hydrogens (tertiary/aromatic N) is 3. The first-order valence-corrected chi connectivity index (χ1v) is 8.41. The summed E-state index contributed by atoms with van der Waals surface area (Å²) in [6.45, 7) is 15.0. The lowest BCUT2D eigenvalue weighted by molar-refractivity contribution is 0.210. The summed E-state index contributed by atoms with van der Waals surface area (Å²) in [5, 5.41) is 17.7. The van der Waals surface area contributed by atoms with E-state index in [-0.39, 0.29) is 18.1 Å². The average molecular weight is 310 g/mol. The van der Waals surface area contributed by atoms with Crippen LogP contribution in [0.2, 0.25) is 0 Å². The third kappa shape index (κ3) is 5.71. The molecule has 0 aromatic carbocycles. The number of aryl methyl sites for hydroxylation is 1. The van der Waals surface area contributed by atoms with Gasteiger partial charge in [0, 0.05) is 36.8 Å². The second kappa shape index (κ2) is 8.65. The molecule has 0 fully saturated rings. The predicted octanol–water partition coefficient (Wildman–Crippen LogP) is 1.90. The molecule has 5 nitrogen and oxygen atoms in total. The zero-order valence-corrected chi connectivity index (χ0v) is 15.2. The Labute approximate surface area is 135 Å². The highest BCUT2D eigenvalue weighted by molar-refractivity contribution is 5.23. The van der Waals surface area contributed by atoms with Crippen LogP contribution in [0.25, 0.3) is 0 Å². The van der Waals surface area contributed by atoms with Crippen molar-refractivity contribution in [2.24, 2.45) is 7.05 Å². The summed E-state index contributed by atoms with van der Waals surface area (Å²) in [5.41, 5.74) is 2.38. The third-order valence-electron chi connectivity index (χ3n) is 4.10. The summed E-state index contributed by atoms with van der Waals surface area (Å²) in [5.74, 6) is 0. The van der Waals surface area contributed by atoms with E-state index in [0.717, 1.165) is 38.3 Å². The molecule has 1 aromatic rings. The molecule has 0 saturated carbocycles. The number of aromatic nitrogens is 2. The lowest BCUT2D eigenvalue weighted by Crippen LogP contribution is -2.36. The molecule has 0 aliphatic rings. The molecule has 22 heavy (non-hydrogen) atoms. The topological polar surface area (TPSA) is 53.3 Å². The van der Waals surface area contributed by atoms with Crippen LogP contribution < -0.4 is 5.32 Å². The van der Waals surface area contributed by atoms with Crippen molar-refractivity contribution < 1.29 is 5.11 Å². The van der Waals surface area contributed by atoms with Gasteiger partial charge in [0.2, 0.25) is 0 Å². The van der Waals surface area contributed by atoms with Crippen molar-refractivity contribution in [1.29, 1.82) is 0 Å². The minimum Gasteiger partial charge on any atom is -0.395 e. The van der Waals surface area contributed by atoms with Crippen molar-refractivity contribution in [2.45, 2.75) is 59.0 Å². The number of rotatable bonds is 9. The maximum Gasteiger partial charge on any atom is 0.0722 e. The van der Waals surface area contributed by atoms with Gasteiger partial charge < -0.3 is 15.3 Å². The molecule has 5 heteroatoms. The quantitative estimate of drug-likeness (QED) is 0.731. The van der Waals surface area contributed by atoms with Crippen molar-refractivity contribution in [3.8, 4) is 0 Å². The molecule has 1 rings (SSSR count). The highest BCUT2D eigenvalue weighted by atomic mass is 16.3. The minimum absolute atomic E-state index is 0.0359. The number of aliphatic hydroxyl groups is 1. The van der Waals surface area contributed by atoms with Crippen LogP contribution in [0.1, 0.15) is 52.3 Å². The summed E-state index contributed by atoms with van der Waals surface area (Å²) in [4.78, 5) is 2.38. The van der Waals surface area contributed by atoms with Gasteiger partial charge >= 0.3 is 0 Å². The standard InChI is InChI=1S/C17H34N4O/c1-7-21(8-2)10-9-15(13-22)18-11-14-12-20(6)19-16(14)17(3,4)5/h12,15,18,22H,7-11,13H2,1-6H3. The Morgan fingerprint density at radius 1 is 1.32 bits per heavy atom. The van der Waals surface area contributed by atoms with Crippen LogP contribution in [-0.2, 0) is 19.0 Å². The van der Waals surface area contributed by atoms with Gasteiger partial charge in [-0.2, -0.15) is 5.10 Å². The van der Waals surface area contributed by atoms with Gasteiger partial charge in [0.15, 0.2) is 0 Å². The summed E-state index contributed by atoms with van der Waals surface area (Å²) in [6, 6.07) is 0.133. The van der Waals surface area contributed by atoms with Gasteiger partial charge in [-0.05, 0) is 26.1 Å². The fraction of sp³-hybridized carbons (Fsp3) is 0.824. The van der Waals surface area contributed by atoms with Crippen LogP contribution >= 0.6 is 0 Å². The Kier molecular flexibility index (Phi) is 7.53. The smallest absolute Gasteiger partial charge is 0.0722 e. The van der Waals surface area contributed by atoms with Crippen LogP contribution in [0.5, 0.6) is 0 Å². The van der Waals surface area contributed by atoms with Crippen LogP contribution in [0.4, 0.5) is 0 Å². The summed E-state index contributed by atoms with van der Waals surface area (Å²) in [7, 11) is 1.96. The van der Waals surface area contributed by atoms with E-state index in [1.54, 1.807) is 0 Å². The maximum atomic E-state index is 9.59. The van der Waals surface area contributed by atoms with Gasteiger partial charge in [0.05, 0.1) is 12.3 Å². The van der Waals surface area contributed by atoms with E-state index < -0.39 is 0 Å². The molecule has 1 unspecified atom stereocenters. The molecular formula is C17H34N4O.